The third-order valence-electron chi connectivity index (χ3n) is 3.31. The van der Waals surface area contributed by atoms with Gasteiger partial charge in [-0.1, -0.05) is 17.7 Å². The summed E-state index contributed by atoms with van der Waals surface area (Å²) in [5.41, 5.74) is 1.51. The minimum atomic E-state index is 0.488. The smallest absolute Gasteiger partial charge is 0.205 e. The molecule has 6 heteroatoms. The van der Waals surface area contributed by atoms with E-state index in [9.17, 15) is 0 Å². The Kier molecular flexibility index (Phi) is 4.15. The number of benzene rings is 2. The van der Waals surface area contributed by atoms with E-state index in [1.807, 2.05) is 24.3 Å². The second-order valence-electron chi connectivity index (χ2n) is 4.62. The fourth-order valence-electron chi connectivity index (χ4n) is 2.33. The van der Waals surface area contributed by atoms with Crippen molar-refractivity contribution >= 4 is 23.0 Å². The Morgan fingerprint density at radius 3 is 2.45 bits per heavy atom. The van der Waals surface area contributed by atoms with E-state index in [0.29, 0.717) is 41.2 Å². The number of ether oxygens (including phenoxy) is 4. The minimum Gasteiger partial charge on any atom is -0.493 e. The number of rotatable bonds is 4. The number of anilines is 2. The molecule has 1 heterocycles. The molecule has 22 heavy (non-hydrogen) atoms. The van der Waals surface area contributed by atoms with Crippen molar-refractivity contribution in [3.05, 3.63) is 35.4 Å². The minimum absolute atomic E-state index is 0.488. The standard InChI is InChI=1S/C16H16ClNO4/c1-19-13-7-6-12(15-16(13)22-9-8-21-15)18-11-5-3-4-10(17)14(11)20-2/h3-7,18H,8-9H2,1-2H3. The van der Waals surface area contributed by atoms with Gasteiger partial charge in [0.25, 0.3) is 0 Å². The van der Waals surface area contributed by atoms with Crippen LogP contribution in [0.1, 0.15) is 0 Å². The molecular weight excluding hydrogens is 306 g/mol. The van der Waals surface area contributed by atoms with Gasteiger partial charge in [0.1, 0.15) is 13.2 Å². The van der Waals surface area contributed by atoms with Gasteiger partial charge in [-0.2, -0.15) is 0 Å². The molecule has 0 unspecified atom stereocenters. The van der Waals surface area contributed by atoms with Gasteiger partial charge in [0, 0.05) is 0 Å². The molecule has 0 amide bonds. The van der Waals surface area contributed by atoms with Gasteiger partial charge in [0.2, 0.25) is 5.75 Å². The number of halogens is 1. The molecule has 0 aromatic heterocycles. The van der Waals surface area contributed by atoms with Crippen molar-refractivity contribution in [2.24, 2.45) is 0 Å². The van der Waals surface area contributed by atoms with Crippen LogP contribution in [0.4, 0.5) is 11.4 Å². The van der Waals surface area contributed by atoms with E-state index in [1.54, 1.807) is 20.3 Å². The Morgan fingerprint density at radius 2 is 1.73 bits per heavy atom. The van der Waals surface area contributed by atoms with E-state index < -0.39 is 0 Å². The van der Waals surface area contributed by atoms with Crippen LogP contribution in [0.5, 0.6) is 23.0 Å². The van der Waals surface area contributed by atoms with E-state index in [2.05, 4.69) is 5.32 Å². The maximum Gasteiger partial charge on any atom is 0.205 e. The zero-order chi connectivity index (χ0) is 15.5. The quantitative estimate of drug-likeness (QED) is 0.926. The molecular formula is C16H16ClNO4. The van der Waals surface area contributed by atoms with Crippen LogP contribution in [-0.2, 0) is 0 Å². The largest absolute Gasteiger partial charge is 0.493 e. The number of para-hydroxylation sites is 1. The number of methoxy groups -OCH3 is 2. The first-order valence-electron chi connectivity index (χ1n) is 6.80. The molecule has 5 nitrogen and oxygen atoms in total. The van der Waals surface area contributed by atoms with Crippen molar-refractivity contribution in [1.29, 1.82) is 0 Å². The summed E-state index contributed by atoms with van der Waals surface area (Å²) in [6.07, 6.45) is 0. The van der Waals surface area contributed by atoms with Gasteiger partial charge in [-0.25, -0.2) is 0 Å². The molecule has 0 saturated carbocycles. The molecule has 0 aliphatic carbocycles. The lowest BCUT2D eigenvalue weighted by Gasteiger charge is -2.23. The summed E-state index contributed by atoms with van der Waals surface area (Å²) in [7, 11) is 3.18. The monoisotopic (exact) mass is 321 g/mol. The molecule has 0 radical (unpaired) electrons. The highest BCUT2D eigenvalue weighted by Gasteiger charge is 2.21. The van der Waals surface area contributed by atoms with Gasteiger partial charge in [-0.3, -0.25) is 0 Å². The van der Waals surface area contributed by atoms with Crippen LogP contribution in [0.15, 0.2) is 30.3 Å². The van der Waals surface area contributed by atoms with Crippen molar-refractivity contribution in [3.8, 4) is 23.0 Å². The van der Waals surface area contributed by atoms with Crippen molar-refractivity contribution in [2.45, 2.75) is 0 Å². The first kappa shape index (κ1) is 14.7. The highest BCUT2D eigenvalue weighted by Crippen LogP contribution is 2.46. The predicted molar refractivity (Wildman–Crippen MR) is 85.3 cm³/mol. The van der Waals surface area contributed by atoms with E-state index in [4.69, 9.17) is 30.5 Å². The zero-order valence-corrected chi connectivity index (χ0v) is 13.1. The van der Waals surface area contributed by atoms with Gasteiger partial charge in [0.15, 0.2) is 17.2 Å². The van der Waals surface area contributed by atoms with Crippen LogP contribution in [0.25, 0.3) is 0 Å². The zero-order valence-electron chi connectivity index (χ0n) is 12.3. The molecule has 0 atom stereocenters. The molecule has 1 aliphatic heterocycles. The summed E-state index contributed by atoms with van der Waals surface area (Å²) >= 11 is 6.15. The molecule has 2 aromatic rings. The van der Waals surface area contributed by atoms with Crippen LogP contribution in [0, 0.1) is 0 Å². The second kappa shape index (κ2) is 6.23. The van der Waals surface area contributed by atoms with Crippen LogP contribution in [0.2, 0.25) is 5.02 Å². The number of nitrogens with one attached hydrogen (secondary N) is 1. The number of hydrogen-bond acceptors (Lipinski definition) is 5. The van der Waals surface area contributed by atoms with Crippen LogP contribution in [0.3, 0.4) is 0 Å². The van der Waals surface area contributed by atoms with Gasteiger partial charge in [0.05, 0.1) is 30.6 Å². The fourth-order valence-corrected chi connectivity index (χ4v) is 2.58. The first-order valence-corrected chi connectivity index (χ1v) is 7.18. The van der Waals surface area contributed by atoms with Crippen LogP contribution >= 0.6 is 11.6 Å². The summed E-state index contributed by atoms with van der Waals surface area (Å²) in [6, 6.07) is 9.19. The summed E-state index contributed by atoms with van der Waals surface area (Å²) in [5.74, 6) is 2.43. The van der Waals surface area contributed by atoms with E-state index in [1.165, 1.54) is 0 Å². The van der Waals surface area contributed by atoms with E-state index in [0.717, 1.165) is 11.4 Å². The molecule has 1 N–H and O–H groups in total. The highest BCUT2D eigenvalue weighted by molar-refractivity contribution is 6.32. The Hall–Kier alpha value is -2.27. The molecule has 1 aliphatic rings. The summed E-state index contributed by atoms with van der Waals surface area (Å²) < 4.78 is 22.0. The lowest BCUT2D eigenvalue weighted by Crippen LogP contribution is -2.17. The number of fused-ring (bicyclic) bond motifs is 1. The average Bonchev–Trinajstić information content (AvgIpc) is 2.55. The fraction of sp³-hybridized carbons (Fsp3) is 0.250. The van der Waals surface area contributed by atoms with Crippen LogP contribution in [-0.4, -0.2) is 27.4 Å². The lowest BCUT2D eigenvalue weighted by atomic mass is 10.2. The second-order valence-corrected chi connectivity index (χ2v) is 5.02. The van der Waals surface area contributed by atoms with Crippen LogP contribution < -0.4 is 24.3 Å². The van der Waals surface area contributed by atoms with Gasteiger partial charge < -0.3 is 24.3 Å². The molecule has 0 saturated heterocycles. The van der Waals surface area contributed by atoms with Crippen molar-refractivity contribution in [3.63, 3.8) is 0 Å². The molecule has 0 spiro atoms. The van der Waals surface area contributed by atoms with Gasteiger partial charge in [-0.05, 0) is 24.3 Å². The van der Waals surface area contributed by atoms with Crippen molar-refractivity contribution in [2.75, 3.05) is 32.8 Å². The maximum absolute atomic E-state index is 6.15. The average molecular weight is 322 g/mol. The summed E-state index contributed by atoms with van der Waals surface area (Å²) in [4.78, 5) is 0. The summed E-state index contributed by atoms with van der Waals surface area (Å²) in [5, 5.41) is 3.81. The molecule has 3 rings (SSSR count). The Bertz CT molecular complexity index is 690. The Morgan fingerprint density at radius 1 is 0.955 bits per heavy atom. The van der Waals surface area contributed by atoms with Crippen molar-refractivity contribution in [1.82, 2.24) is 0 Å². The highest BCUT2D eigenvalue weighted by atomic mass is 35.5. The summed E-state index contributed by atoms with van der Waals surface area (Å²) in [6.45, 7) is 0.981. The van der Waals surface area contributed by atoms with Crippen molar-refractivity contribution < 1.29 is 18.9 Å². The third kappa shape index (κ3) is 2.60. The molecule has 2 aromatic carbocycles. The predicted octanol–water partition coefficient (Wildman–Crippen LogP) is 3.87. The van der Waals surface area contributed by atoms with E-state index >= 15 is 0 Å². The number of hydrogen-bond donors (Lipinski definition) is 1. The topological polar surface area (TPSA) is 49.0 Å². The third-order valence-corrected chi connectivity index (χ3v) is 3.61. The molecule has 116 valence electrons. The molecule has 0 bridgehead atoms. The molecule has 0 fully saturated rings. The van der Waals surface area contributed by atoms with Gasteiger partial charge >= 0.3 is 0 Å². The maximum atomic E-state index is 6.15. The lowest BCUT2D eigenvalue weighted by molar-refractivity contribution is 0.166. The Balaban J connectivity index is 2.02. The van der Waals surface area contributed by atoms with E-state index in [-0.39, 0.29) is 0 Å². The Labute approximate surface area is 133 Å². The normalized spacial score (nSPS) is 12.7. The first-order chi connectivity index (χ1) is 10.7. The van der Waals surface area contributed by atoms with Gasteiger partial charge in [-0.15, -0.1) is 0 Å². The SMILES string of the molecule is COc1ccc(Nc2cccc(Cl)c2OC)c2c1OCCO2.